The van der Waals surface area contributed by atoms with Crippen LogP contribution >= 0.6 is 0 Å². The largest absolute Gasteiger partial charge is 0.497 e. The summed E-state index contributed by atoms with van der Waals surface area (Å²) in [6, 6.07) is 17.1. The van der Waals surface area contributed by atoms with Crippen LogP contribution in [0.15, 0.2) is 71.6 Å². The van der Waals surface area contributed by atoms with Crippen molar-refractivity contribution in [2.75, 3.05) is 11.8 Å². The van der Waals surface area contributed by atoms with E-state index in [2.05, 4.69) is 4.72 Å². The summed E-state index contributed by atoms with van der Waals surface area (Å²) in [6.45, 7) is 1.84. The molecular weight excluding hydrogens is 394 g/mol. The van der Waals surface area contributed by atoms with Gasteiger partial charge in [0.1, 0.15) is 17.2 Å². The molecule has 0 aromatic heterocycles. The molecule has 0 unspecified atom stereocenters. The van der Waals surface area contributed by atoms with Gasteiger partial charge in [-0.3, -0.25) is 4.72 Å². The number of rotatable bonds is 7. The van der Waals surface area contributed by atoms with Gasteiger partial charge in [0.25, 0.3) is 10.0 Å². The topological polar surface area (TPSA) is 102 Å². The summed E-state index contributed by atoms with van der Waals surface area (Å²) in [4.78, 5) is 11.7. The molecule has 2 N–H and O–H groups in total. The highest BCUT2D eigenvalue weighted by Crippen LogP contribution is 2.29. The molecule has 0 saturated carbocycles. The molecule has 0 aliphatic heterocycles. The molecule has 0 aliphatic rings. The van der Waals surface area contributed by atoms with Gasteiger partial charge in [0.05, 0.1) is 23.3 Å². The standard InChI is InChI=1S/C21H19NO6S/c1-14-3-10-18(11-4-14)29(25,26)22-20-12-9-17(13-19(20)21(23)24)28-16-7-5-15(27-2)6-8-16/h3-13,22H,1-2H3,(H,23,24). The number of aryl methyl sites for hydroxylation is 1. The normalized spacial score (nSPS) is 11.0. The number of nitrogens with one attached hydrogen (secondary N) is 1. The summed E-state index contributed by atoms with van der Waals surface area (Å²) in [5.74, 6) is 0.109. The summed E-state index contributed by atoms with van der Waals surface area (Å²) in [6.07, 6.45) is 0. The van der Waals surface area contributed by atoms with Crippen molar-refractivity contribution in [2.24, 2.45) is 0 Å². The molecule has 0 aliphatic carbocycles. The smallest absolute Gasteiger partial charge is 0.337 e. The summed E-state index contributed by atoms with van der Waals surface area (Å²) < 4.78 is 38.2. The van der Waals surface area contributed by atoms with Gasteiger partial charge >= 0.3 is 5.97 Å². The van der Waals surface area contributed by atoms with Gasteiger partial charge in [0.15, 0.2) is 0 Å². The zero-order valence-electron chi connectivity index (χ0n) is 15.7. The maximum absolute atomic E-state index is 12.6. The van der Waals surface area contributed by atoms with Crippen LogP contribution < -0.4 is 14.2 Å². The SMILES string of the molecule is COc1ccc(Oc2ccc(NS(=O)(=O)c3ccc(C)cc3)c(C(=O)O)c2)cc1. The van der Waals surface area contributed by atoms with Crippen LogP contribution in [0, 0.1) is 6.92 Å². The van der Waals surface area contributed by atoms with E-state index in [9.17, 15) is 18.3 Å². The molecule has 29 heavy (non-hydrogen) atoms. The fraction of sp³-hybridized carbons (Fsp3) is 0.0952. The van der Waals surface area contributed by atoms with Gasteiger partial charge in [-0.1, -0.05) is 17.7 Å². The number of sulfonamides is 1. The van der Waals surface area contributed by atoms with Crippen LogP contribution in [0.1, 0.15) is 15.9 Å². The highest BCUT2D eigenvalue weighted by atomic mass is 32.2. The van der Waals surface area contributed by atoms with E-state index in [1.54, 1.807) is 43.5 Å². The maximum Gasteiger partial charge on any atom is 0.337 e. The van der Waals surface area contributed by atoms with E-state index in [0.29, 0.717) is 11.5 Å². The number of aromatic carboxylic acids is 1. The minimum absolute atomic E-state index is 0.0398. The number of carboxylic acids is 1. The first-order chi connectivity index (χ1) is 13.8. The van der Waals surface area contributed by atoms with E-state index >= 15 is 0 Å². The van der Waals surface area contributed by atoms with Gasteiger partial charge in [0.2, 0.25) is 0 Å². The van der Waals surface area contributed by atoms with Crippen LogP contribution in [0.4, 0.5) is 5.69 Å². The van der Waals surface area contributed by atoms with E-state index in [1.165, 1.54) is 30.3 Å². The predicted octanol–water partition coefficient (Wildman–Crippen LogP) is 4.29. The highest BCUT2D eigenvalue weighted by molar-refractivity contribution is 7.92. The zero-order chi connectivity index (χ0) is 21.0. The van der Waals surface area contributed by atoms with E-state index in [4.69, 9.17) is 9.47 Å². The van der Waals surface area contributed by atoms with Crippen LogP contribution in [0.25, 0.3) is 0 Å². The third kappa shape index (κ3) is 4.85. The molecule has 0 radical (unpaired) electrons. The van der Waals surface area contributed by atoms with Gasteiger partial charge in [-0.25, -0.2) is 13.2 Å². The first-order valence-electron chi connectivity index (χ1n) is 8.57. The fourth-order valence-electron chi connectivity index (χ4n) is 2.55. The third-order valence-corrected chi connectivity index (χ3v) is 5.47. The Morgan fingerprint density at radius 3 is 2.07 bits per heavy atom. The Kier molecular flexibility index (Phi) is 5.74. The highest BCUT2D eigenvalue weighted by Gasteiger charge is 2.19. The van der Waals surface area contributed by atoms with Crippen molar-refractivity contribution in [2.45, 2.75) is 11.8 Å². The quantitative estimate of drug-likeness (QED) is 0.599. The fourth-order valence-corrected chi connectivity index (χ4v) is 3.63. The molecule has 150 valence electrons. The molecule has 8 heteroatoms. The molecule has 7 nitrogen and oxygen atoms in total. The summed E-state index contributed by atoms with van der Waals surface area (Å²) in [5.41, 5.74) is 0.627. The van der Waals surface area contributed by atoms with Gasteiger partial charge in [-0.2, -0.15) is 0 Å². The van der Waals surface area contributed by atoms with Gasteiger partial charge in [0, 0.05) is 0 Å². The van der Waals surface area contributed by atoms with Crippen molar-refractivity contribution in [3.63, 3.8) is 0 Å². The second kappa shape index (κ2) is 8.24. The third-order valence-electron chi connectivity index (χ3n) is 4.09. The molecule has 0 atom stereocenters. The molecule has 0 saturated heterocycles. The van der Waals surface area contributed by atoms with Crippen molar-refractivity contribution >= 4 is 21.7 Å². The van der Waals surface area contributed by atoms with Crippen LogP contribution in [0.3, 0.4) is 0 Å². The Labute approximate surface area is 168 Å². The lowest BCUT2D eigenvalue weighted by molar-refractivity contribution is 0.0697. The zero-order valence-corrected chi connectivity index (χ0v) is 16.6. The van der Waals surface area contributed by atoms with Crippen molar-refractivity contribution < 1.29 is 27.8 Å². The number of carbonyl (C=O) groups is 1. The van der Waals surface area contributed by atoms with Crippen LogP contribution in [0.5, 0.6) is 17.2 Å². The van der Waals surface area contributed by atoms with E-state index in [0.717, 1.165) is 5.56 Å². The first-order valence-corrected chi connectivity index (χ1v) is 10.1. The van der Waals surface area contributed by atoms with E-state index in [1.807, 2.05) is 6.92 Å². The van der Waals surface area contributed by atoms with Crippen molar-refractivity contribution in [1.82, 2.24) is 0 Å². The molecule has 0 spiro atoms. The van der Waals surface area contributed by atoms with Crippen LogP contribution in [0.2, 0.25) is 0 Å². The minimum atomic E-state index is -3.93. The second-order valence-corrected chi connectivity index (χ2v) is 7.89. The molecule has 0 amide bonds. The summed E-state index contributed by atoms with van der Waals surface area (Å²) in [5, 5.41) is 9.52. The number of hydrogen-bond acceptors (Lipinski definition) is 5. The van der Waals surface area contributed by atoms with Gasteiger partial charge in [-0.15, -0.1) is 0 Å². The molecule has 0 bridgehead atoms. The molecular formula is C21H19NO6S. The van der Waals surface area contributed by atoms with Gasteiger partial charge in [-0.05, 0) is 61.5 Å². The summed E-state index contributed by atoms with van der Waals surface area (Å²) in [7, 11) is -2.39. The first kappa shape index (κ1) is 20.2. The Hall–Kier alpha value is -3.52. The Morgan fingerprint density at radius 2 is 1.48 bits per heavy atom. The number of benzene rings is 3. The van der Waals surface area contributed by atoms with E-state index < -0.39 is 16.0 Å². The number of ether oxygens (including phenoxy) is 2. The minimum Gasteiger partial charge on any atom is -0.497 e. The van der Waals surface area contributed by atoms with Crippen LogP contribution in [-0.4, -0.2) is 26.6 Å². The lowest BCUT2D eigenvalue weighted by Gasteiger charge is -2.13. The lowest BCUT2D eigenvalue weighted by atomic mass is 10.2. The maximum atomic E-state index is 12.6. The lowest BCUT2D eigenvalue weighted by Crippen LogP contribution is -2.15. The van der Waals surface area contributed by atoms with E-state index in [-0.39, 0.29) is 21.9 Å². The Morgan fingerprint density at radius 1 is 0.897 bits per heavy atom. The molecule has 0 fully saturated rings. The number of anilines is 1. The molecule has 3 aromatic carbocycles. The van der Waals surface area contributed by atoms with Crippen molar-refractivity contribution in [3.8, 4) is 17.2 Å². The van der Waals surface area contributed by atoms with Crippen LogP contribution in [-0.2, 0) is 10.0 Å². The molecule has 0 heterocycles. The average Bonchev–Trinajstić information content (AvgIpc) is 2.69. The van der Waals surface area contributed by atoms with Gasteiger partial charge < -0.3 is 14.6 Å². The summed E-state index contributed by atoms with van der Waals surface area (Å²) >= 11 is 0. The number of hydrogen-bond donors (Lipinski definition) is 2. The predicted molar refractivity (Wildman–Crippen MR) is 108 cm³/mol. The van der Waals surface area contributed by atoms with Crippen molar-refractivity contribution in [3.05, 3.63) is 77.9 Å². The Balaban J connectivity index is 1.87. The Bertz CT molecular complexity index is 1120. The monoisotopic (exact) mass is 413 g/mol. The number of carboxylic acid groups (broad SMARTS) is 1. The molecule has 3 aromatic rings. The van der Waals surface area contributed by atoms with Crippen molar-refractivity contribution in [1.29, 1.82) is 0 Å². The number of methoxy groups -OCH3 is 1. The average molecular weight is 413 g/mol. The second-order valence-electron chi connectivity index (χ2n) is 6.21. The molecule has 3 rings (SSSR count).